The number of ketones is 1. The maximum atomic E-state index is 11.2. The summed E-state index contributed by atoms with van der Waals surface area (Å²) in [6.45, 7) is 1.41. The maximum absolute atomic E-state index is 11.2. The zero-order chi connectivity index (χ0) is 14.5. The molecule has 4 nitrogen and oxygen atoms in total. The number of nitrogens with two attached hydrogens (primary N) is 1. The van der Waals surface area contributed by atoms with E-state index in [-0.39, 0.29) is 12.4 Å². The number of Topliss-reactive ketones (excluding diaryl/α,β-unsaturated/α-hetero) is 1. The Labute approximate surface area is 117 Å². The molecule has 20 heavy (non-hydrogen) atoms. The number of carbonyl (C=O) groups is 2. The molecule has 0 aliphatic rings. The third-order valence-electron chi connectivity index (χ3n) is 2.86. The first kappa shape index (κ1) is 13.8. The van der Waals surface area contributed by atoms with Crippen LogP contribution in [-0.4, -0.2) is 18.3 Å². The quantitative estimate of drug-likeness (QED) is 0.847. The molecule has 102 valence electrons. The van der Waals surface area contributed by atoms with Gasteiger partial charge in [-0.2, -0.15) is 0 Å². The van der Waals surface area contributed by atoms with Crippen LogP contribution < -0.4 is 10.5 Å². The third kappa shape index (κ3) is 3.45. The molecule has 0 bridgehead atoms. The minimum absolute atomic E-state index is 0.0479. The van der Waals surface area contributed by atoms with E-state index in [2.05, 4.69) is 0 Å². The molecule has 0 aromatic heterocycles. The van der Waals surface area contributed by atoms with Gasteiger partial charge in [0.2, 0.25) is 0 Å². The van der Waals surface area contributed by atoms with E-state index in [0.717, 1.165) is 11.1 Å². The van der Waals surface area contributed by atoms with E-state index in [1.165, 1.54) is 0 Å². The predicted molar refractivity (Wildman–Crippen MR) is 76.6 cm³/mol. The molecule has 0 saturated carbocycles. The average Bonchev–Trinajstić information content (AvgIpc) is 2.46. The highest BCUT2D eigenvalue weighted by Crippen LogP contribution is 2.22. The van der Waals surface area contributed by atoms with Crippen LogP contribution in [0.5, 0.6) is 5.75 Å². The Kier molecular flexibility index (Phi) is 4.15. The highest BCUT2D eigenvalue weighted by atomic mass is 16.5. The molecule has 0 fully saturated rings. The zero-order valence-corrected chi connectivity index (χ0v) is 11.1. The van der Waals surface area contributed by atoms with Crippen molar-refractivity contribution in [1.29, 1.82) is 0 Å². The summed E-state index contributed by atoms with van der Waals surface area (Å²) in [5.41, 5.74) is 7.71. The van der Waals surface area contributed by atoms with Crippen LogP contribution in [0.15, 0.2) is 48.5 Å². The number of primary amides is 1. The number of amides is 1. The zero-order valence-electron chi connectivity index (χ0n) is 11.1. The van der Waals surface area contributed by atoms with E-state index in [4.69, 9.17) is 10.5 Å². The van der Waals surface area contributed by atoms with E-state index < -0.39 is 5.91 Å². The van der Waals surface area contributed by atoms with Crippen LogP contribution in [0.2, 0.25) is 0 Å². The van der Waals surface area contributed by atoms with E-state index in [9.17, 15) is 9.59 Å². The van der Waals surface area contributed by atoms with Gasteiger partial charge < -0.3 is 10.5 Å². The van der Waals surface area contributed by atoms with Crippen LogP contribution in [0.25, 0.3) is 11.1 Å². The lowest BCUT2D eigenvalue weighted by Crippen LogP contribution is -2.19. The van der Waals surface area contributed by atoms with Crippen molar-refractivity contribution in [3.63, 3.8) is 0 Å². The lowest BCUT2D eigenvalue weighted by molar-refractivity contribution is -0.119. The standard InChI is InChI=1S/C16H15NO3/c1-11(18)12-2-4-13(5-3-12)14-6-8-15(9-7-14)20-10-16(17)19/h2-9H,10H2,1H3,(H2,17,19). The third-order valence-corrected chi connectivity index (χ3v) is 2.86. The summed E-state index contributed by atoms with van der Waals surface area (Å²) in [7, 11) is 0. The number of hydrogen-bond donors (Lipinski definition) is 1. The molecule has 2 aromatic carbocycles. The fraction of sp³-hybridized carbons (Fsp3) is 0.125. The van der Waals surface area contributed by atoms with Crippen LogP contribution in [0.4, 0.5) is 0 Å². The Hall–Kier alpha value is -2.62. The first-order valence-corrected chi connectivity index (χ1v) is 6.19. The van der Waals surface area contributed by atoms with Crippen LogP contribution in [0.1, 0.15) is 17.3 Å². The van der Waals surface area contributed by atoms with E-state index in [1.807, 2.05) is 24.3 Å². The smallest absolute Gasteiger partial charge is 0.255 e. The molecule has 0 atom stereocenters. The summed E-state index contributed by atoms with van der Waals surface area (Å²) in [5.74, 6) is 0.133. The van der Waals surface area contributed by atoms with Crippen molar-refractivity contribution in [1.82, 2.24) is 0 Å². The normalized spacial score (nSPS) is 10.1. The second-order valence-corrected chi connectivity index (χ2v) is 4.41. The molecule has 1 amide bonds. The first-order chi connectivity index (χ1) is 9.56. The summed E-state index contributed by atoms with van der Waals surface area (Å²) in [6.07, 6.45) is 0. The van der Waals surface area contributed by atoms with Crippen molar-refractivity contribution in [2.45, 2.75) is 6.92 Å². The van der Waals surface area contributed by atoms with Gasteiger partial charge in [-0.1, -0.05) is 36.4 Å². The molecule has 0 heterocycles. The number of rotatable bonds is 5. The largest absolute Gasteiger partial charge is 0.484 e. The monoisotopic (exact) mass is 269 g/mol. The predicted octanol–water partition coefficient (Wildman–Crippen LogP) is 2.42. The minimum atomic E-state index is -0.506. The second-order valence-electron chi connectivity index (χ2n) is 4.41. The van der Waals surface area contributed by atoms with E-state index in [0.29, 0.717) is 11.3 Å². The molecule has 2 N–H and O–H groups in total. The molecule has 0 radical (unpaired) electrons. The Balaban J connectivity index is 2.13. The van der Waals surface area contributed by atoms with Gasteiger partial charge in [0.15, 0.2) is 12.4 Å². The summed E-state index contributed by atoms with van der Waals surface area (Å²) < 4.78 is 5.19. The molecular formula is C16H15NO3. The van der Waals surface area contributed by atoms with Crippen LogP contribution in [0.3, 0.4) is 0 Å². The molecule has 0 saturated heterocycles. The number of benzene rings is 2. The van der Waals surface area contributed by atoms with Crippen molar-refractivity contribution in [3.8, 4) is 16.9 Å². The summed E-state index contributed by atoms with van der Waals surface area (Å²) in [6, 6.07) is 14.7. The van der Waals surface area contributed by atoms with Gasteiger partial charge in [-0.15, -0.1) is 0 Å². The van der Waals surface area contributed by atoms with Gasteiger partial charge in [-0.05, 0) is 30.2 Å². The van der Waals surface area contributed by atoms with Crippen LogP contribution in [0, 0.1) is 0 Å². The van der Waals surface area contributed by atoms with Crippen molar-refractivity contribution < 1.29 is 14.3 Å². The van der Waals surface area contributed by atoms with Gasteiger partial charge in [0.25, 0.3) is 5.91 Å². The van der Waals surface area contributed by atoms with Crippen molar-refractivity contribution in [2.75, 3.05) is 6.61 Å². The SMILES string of the molecule is CC(=O)c1ccc(-c2ccc(OCC(N)=O)cc2)cc1. The highest BCUT2D eigenvalue weighted by molar-refractivity contribution is 5.94. The van der Waals surface area contributed by atoms with E-state index in [1.54, 1.807) is 31.2 Å². The van der Waals surface area contributed by atoms with Gasteiger partial charge in [-0.3, -0.25) is 9.59 Å². The first-order valence-electron chi connectivity index (χ1n) is 6.19. The molecule has 2 aromatic rings. The average molecular weight is 269 g/mol. The maximum Gasteiger partial charge on any atom is 0.255 e. The molecule has 2 rings (SSSR count). The van der Waals surface area contributed by atoms with Gasteiger partial charge >= 0.3 is 0 Å². The number of hydrogen-bond acceptors (Lipinski definition) is 3. The van der Waals surface area contributed by atoms with Crippen molar-refractivity contribution in [3.05, 3.63) is 54.1 Å². The second kappa shape index (κ2) is 6.02. The lowest BCUT2D eigenvalue weighted by Gasteiger charge is -2.06. The lowest BCUT2D eigenvalue weighted by atomic mass is 10.0. The Bertz CT molecular complexity index is 615. The molecule has 0 aliphatic carbocycles. The molecular weight excluding hydrogens is 254 g/mol. The topological polar surface area (TPSA) is 69.4 Å². The summed E-state index contributed by atoms with van der Waals surface area (Å²) in [4.78, 5) is 21.8. The Morgan fingerprint density at radius 2 is 1.45 bits per heavy atom. The highest BCUT2D eigenvalue weighted by Gasteiger charge is 2.02. The summed E-state index contributed by atoms with van der Waals surface area (Å²) in [5, 5.41) is 0. The number of carbonyl (C=O) groups excluding carboxylic acids is 2. The van der Waals surface area contributed by atoms with Crippen LogP contribution in [-0.2, 0) is 4.79 Å². The Morgan fingerprint density at radius 3 is 1.90 bits per heavy atom. The Morgan fingerprint density at radius 1 is 0.950 bits per heavy atom. The molecule has 0 spiro atoms. The fourth-order valence-electron chi connectivity index (χ4n) is 1.80. The molecule has 4 heteroatoms. The summed E-state index contributed by atoms with van der Waals surface area (Å²) >= 11 is 0. The van der Waals surface area contributed by atoms with Gasteiger partial charge in [0.05, 0.1) is 0 Å². The number of ether oxygens (including phenoxy) is 1. The molecule has 0 unspecified atom stereocenters. The van der Waals surface area contributed by atoms with Crippen molar-refractivity contribution >= 4 is 11.7 Å². The van der Waals surface area contributed by atoms with Crippen LogP contribution >= 0.6 is 0 Å². The molecule has 0 aliphatic heterocycles. The van der Waals surface area contributed by atoms with Gasteiger partial charge in [-0.25, -0.2) is 0 Å². The van der Waals surface area contributed by atoms with E-state index >= 15 is 0 Å². The van der Waals surface area contributed by atoms with Gasteiger partial charge in [0, 0.05) is 5.56 Å². The minimum Gasteiger partial charge on any atom is -0.484 e. The van der Waals surface area contributed by atoms with Gasteiger partial charge in [0.1, 0.15) is 5.75 Å². The fourth-order valence-corrected chi connectivity index (χ4v) is 1.80. The van der Waals surface area contributed by atoms with Crippen molar-refractivity contribution in [2.24, 2.45) is 5.73 Å².